The van der Waals surface area contributed by atoms with Crippen molar-refractivity contribution < 1.29 is 17.1 Å². The third-order valence-corrected chi connectivity index (χ3v) is 8.97. The van der Waals surface area contributed by atoms with Crippen molar-refractivity contribution in [3.05, 3.63) is 69.3 Å². The predicted molar refractivity (Wildman–Crippen MR) is 181 cm³/mol. The average molecular weight is 627 g/mol. The van der Waals surface area contributed by atoms with E-state index < -0.39 is 0 Å². The molecule has 5 rings (SSSR count). The molecule has 0 amide bonds. The molecule has 5 heterocycles. The van der Waals surface area contributed by atoms with Crippen LogP contribution in [-0.4, -0.2) is 19.9 Å². The first-order valence-corrected chi connectivity index (χ1v) is 15.7. The maximum atomic E-state index is 5.28. The molecular weight excluding hydrogens is 580 g/mol. The number of nitrogens with one attached hydrogen (secondary N) is 2. The fraction of sp³-hybridized carbons (Fsp3) is 0.444. The first-order valence-electron chi connectivity index (χ1n) is 15.7. The van der Waals surface area contributed by atoms with Gasteiger partial charge in [0.15, 0.2) is 0 Å². The van der Waals surface area contributed by atoms with Crippen LogP contribution in [0.25, 0.3) is 44.4 Å². The van der Waals surface area contributed by atoms with Crippen molar-refractivity contribution in [2.75, 3.05) is 0 Å². The molecule has 8 bridgehead atoms. The van der Waals surface area contributed by atoms with E-state index in [9.17, 15) is 0 Å². The number of hydrogen-bond acceptors (Lipinski definition) is 2. The van der Waals surface area contributed by atoms with E-state index in [1.54, 1.807) is 0 Å². The Bertz CT molecular complexity index is 1570. The second kappa shape index (κ2) is 14.3. The van der Waals surface area contributed by atoms with Crippen molar-refractivity contribution >= 4 is 56.8 Å². The maximum absolute atomic E-state index is 5.28. The van der Waals surface area contributed by atoms with E-state index in [0.717, 1.165) is 74.1 Å². The van der Waals surface area contributed by atoms with Gasteiger partial charge in [-0.3, -0.25) is 0 Å². The van der Waals surface area contributed by atoms with Gasteiger partial charge >= 0.3 is 0 Å². The van der Waals surface area contributed by atoms with Crippen LogP contribution in [0.1, 0.15) is 126 Å². The van der Waals surface area contributed by atoms with Crippen molar-refractivity contribution in [2.45, 2.75) is 107 Å². The van der Waals surface area contributed by atoms with Crippen LogP contribution in [0.2, 0.25) is 0 Å². The molecule has 3 aromatic heterocycles. The van der Waals surface area contributed by atoms with Crippen LogP contribution in [0.5, 0.6) is 0 Å². The van der Waals surface area contributed by atoms with Crippen molar-refractivity contribution in [3.8, 4) is 0 Å². The number of halogens is 1. The van der Waals surface area contributed by atoms with Gasteiger partial charge < -0.3 is 9.97 Å². The molecule has 2 aliphatic heterocycles. The van der Waals surface area contributed by atoms with Crippen LogP contribution in [0.3, 0.4) is 0 Å². The number of allylic oxidation sites excluding steroid dienone is 4. The molecule has 0 spiro atoms. The van der Waals surface area contributed by atoms with E-state index in [1.165, 1.54) is 66.6 Å². The molecule has 42 heavy (non-hydrogen) atoms. The number of H-pyrrole nitrogens is 2. The molecule has 2 aliphatic rings. The summed E-state index contributed by atoms with van der Waals surface area (Å²) in [5.74, 6) is 0. The molecular formula is C36H47ClFeN4. The smallest absolute Gasteiger partial charge is 0.0694 e. The largest absolute Gasteiger partial charge is 0.355 e. The van der Waals surface area contributed by atoms with Crippen LogP contribution in [0.15, 0.2) is 24.3 Å². The number of aromatic amines is 2. The van der Waals surface area contributed by atoms with Gasteiger partial charge in [-0.1, -0.05) is 55.4 Å². The summed E-state index contributed by atoms with van der Waals surface area (Å²) in [6, 6.07) is 9.24. The predicted octanol–water partition coefficient (Wildman–Crippen LogP) is 10.4. The third kappa shape index (κ3) is 5.68. The number of fused-ring (bicyclic) bond motifs is 8. The molecule has 226 valence electrons. The molecule has 0 aromatic carbocycles. The topological polar surface area (TPSA) is 57.4 Å². The molecule has 2 N–H and O–H groups in total. The summed E-state index contributed by atoms with van der Waals surface area (Å²) in [4.78, 5) is 18.2. The second-order valence-corrected chi connectivity index (χ2v) is 10.9. The molecule has 3 aromatic rings. The van der Waals surface area contributed by atoms with E-state index >= 15 is 0 Å². The fourth-order valence-electron chi connectivity index (χ4n) is 7.10. The molecule has 0 fully saturated rings. The first-order chi connectivity index (χ1) is 19.5. The molecule has 0 radical (unpaired) electrons. The third-order valence-electron chi connectivity index (χ3n) is 8.97. The fourth-order valence-corrected chi connectivity index (χ4v) is 7.10. The number of hydrogen-bond donors (Lipinski definition) is 2. The van der Waals surface area contributed by atoms with Crippen LogP contribution < -0.4 is 0 Å². The van der Waals surface area contributed by atoms with Crippen molar-refractivity contribution in [1.29, 1.82) is 0 Å². The summed E-state index contributed by atoms with van der Waals surface area (Å²) >= 11 is 0. The Morgan fingerprint density at radius 2 is 0.667 bits per heavy atom. The number of rotatable bonds is 8. The van der Waals surface area contributed by atoms with E-state index in [-0.39, 0.29) is 29.5 Å². The Morgan fingerprint density at radius 3 is 0.929 bits per heavy atom. The van der Waals surface area contributed by atoms with Crippen LogP contribution in [0.4, 0.5) is 0 Å². The molecule has 0 unspecified atom stereocenters. The zero-order chi connectivity index (χ0) is 28.6. The summed E-state index contributed by atoms with van der Waals surface area (Å²) in [5.41, 5.74) is 20.2. The van der Waals surface area contributed by atoms with Crippen LogP contribution in [0, 0.1) is 0 Å². The van der Waals surface area contributed by atoms with Crippen molar-refractivity contribution in [2.24, 2.45) is 0 Å². The summed E-state index contributed by atoms with van der Waals surface area (Å²) in [6.07, 6.45) is 7.84. The number of aromatic nitrogens is 4. The van der Waals surface area contributed by atoms with Gasteiger partial charge in [-0.25, -0.2) is 9.97 Å². The molecule has 0 saturated heterocycles. The zero-order valence-corrected chi connectivity index (χ0v) is 28.5. The zero-order valence-electron chi connectivity index (χ0n) is 26.6. The van der Waals surface area contributed by atoms with Gasteiger partial charge in [0, 0.05) is 39.1 Å². The SMILES string of the molecule is CCC1=C(CC)c2cc3[nH]c(cc4[nH]c(cc5nc(cc1n2)C(CC)=C5CC)c(CC)c4CC)c(CC)c3CC.Cl.[Fe]. The minimum Gasteiger partial charge on any atom is -0.355 e. The summed E-state index contributed by atoms with van der Waals surface area (Å²) < 4.78 is 0. The van der Waals surface area contributed by atoms with Gasteiger partial charge in [-0.05, 0) is 120 Å². The Kier molecular flexibility index (Phi) is 11.5. The van der Waals surface area contributed by atoms with E-state index in [0.29, 0.717) is 0 Å². The van der Waals surface area contributed by atoms with E-state index in [1.807, 2.05) is 0 Å². The molecule has 0 saturated carbocycles. The Labute approximate surface area is 268 Å². The monoisotopic (exact) mass is 626 g/mol. The molecule has 0 aliphatic carbocycles. The van der Waals surface area contributed by atoms with Crippen molar-refractivity contribution in [3.63, 3.8) is 0 Å². The minimum absolute atomic E-state index is 0. The van der Waals surface area contributed by atoms with Crippen LogP contribution >= 0.6 is 12.4 Å². The summed E-state index contributed by atoms with van der Waals surface area (Å²) in [7, 11) is 0. The van der Waals surface area contributed by atoms with Gasteiger partial charge in [0.05, 0.1) is 22.8 Å². The molecule has 6 heteroatoms. The molecule has 4 nitrogen and oxygen atoms in total. The van der Waals surface area contributed by atoms with Gasteiger partial charge in [-0.15, -0.1) is 12.4 Å². The average Bonchev–Trinajstić information content (AvgIpc) is 3.67. The standard InChI is InChI=1S/C36H46N4.ClH.Fe/c1-9-21-22(10-2)30-18-32-25(13-5)26(14-6)34(39-32)20-36-28(16-8)27(15-7)35(40-36)19-33-24(12-4)23(11-3)31(38-33)17-29(21)37-30;;/h17-20,37-38H,9-16H2,1-8H3;1H;. The van der Waals surface area contributed by atoms with E-state index in [4.69, 9.17) is 9.97 Å². The minimum atomic E-state index is 0. The Morgan fingerprint density at radius 1 is 0.405 bits per heavy atom. The molecule has 0 atom stereocenters. The number of aryl methyl sites for hydroxylation is 4. The quantitative estimate of drug-likeness (QED) is 0.244. The van der Waals surface area contributed by atoms with Crippen molar-refractivity contribution in [1.82, 2.24) is 19.9 Å². The van der Waals surface area contributed by atoms with E-state index in [2.05, 4.69) is 89.6 Å². The first kappa shape index (κ1) is 33.9. The van der Waals surface area contributed by atoms with Gasteiger partial charge in [0.2, 0.25) is 0 Å². The number of nitrogens with zero attached hydrogens (tertiary/aromatic N) is 2. The summed E-state index contributed by atoms with van der Waals surface area (Å²) in [6.45, 7) is 18.1. The Balaban J connectivity index is 0.00000242. The second-order valence-electron chi connectivity index (χ2n) is 10.9. The normalized spacial score (nSPS) is 13.0. The summed E-state index contributed by atoms with van der Waals surface area (Å²) in [5, 5.41) is 0. The van der Waals surface area contributed by atoms with Crippen LogP contribution in [-0.2, 0) is 42.8 Å². The van der Waals surface area contributed by atoms with Gasteiger partial charge in [-0.2, -0.15) is 0 Å². The van der Waals surface area contributed by atoms with Gasteiger partial charge in [0.25, 0.3) is 0 Å². The van der Waals surface area contributed by atoms with Gasteiger partial charge in [0.1, 0.15) is 0 Å². The Hall–Kier alpha value is -2.59. The maximum Gasteiger partial charge on any atom is 0.0694 e.